The summed E-state index contributed by atoms with van der Waals surface area (Å²) in [5.74, 6) is -0.825. The number of amides is 1. The molecular weight excluding hydrogens is 477 g/mol. The number of anilines is 1. The van der Waals surface area contributed by atoms with Gasteiger partial charge in [-0.25, -0.2) is 12.8 Å². The smallest absolute Gasteiger partial charge is 0.241 e. The van der Waals surface area contributed by atoms with Crippen molar-refractivity contribution < 1.29 is 17.6 Å². The molecule has 9 heteroatoms. The van der Waals surface area contributed by atoms with E-state index in [0.29, 0.717) is 31.2 Å². The molecule has 0 aliphatic carbocycles. The zero-order valence-corrected chi connectivity index (χ0v) is 20.0. The molecule has 6 nitrogen and oxygen atoms in total. The number of nitrogens with one attached hydrogen (secondary N) is 1. The summed E-state index contributed by atoms with van der Waals surface area (Å²) in [6, 6.07) is 20.3. The Kier molecular flexibility index (Phi) is 7.50. The first-order chi connectivity index (χ1) is 16.3. The average Bonchev–Trinajstić information content (AvgIpc) is 2.84. The normalized spacial score (nSPS) is 15.2. The molecule has 1 aliphatic heterocycles. The van der Waals surface area contributed by atoms with E-state index in [0.717, 1.165) is 23.4 Å². The molecule has 1 aliphatic rings. The van der Waals surface area contributed by atoms with Crippen LogP contribution in [0, 0.1) is 5.82 Å². The third kappa shape index (κ3) is 5.94. The van der Waals surface area contributed by atoms with Gasteiger partial charge in [0, 0.05) is 36.9 Å². The van der Waals surface area contributed by atoms with E-state index in [2.05, 4.69) is 9.62 Å². The predicted molar refractivity (Wildman–Crippen MR) is 131 cm³/mol. The molecule has 0 radical (unpaired) electrons. The molecule has 3 aromatic rings. The Balaban J connectivity index is 1.50. The Bertz CT molecular complexity index is 1230. The molecule has 1 amide bonds. The van der Waals surface area contributed by atoms with Gasteiger partial charge in [0.15, 0.2) is 0 Å². The van der Waals surface area contributed by atoms with Gasteiger partial charge >= 0.3 is 0 Å². The van der Waals surface area contributed by atoms with E-state index in [1.54, 1.807) is 4.90 Å². The molecule has 0 spiro atoms. The van der Waals surface area contributed by atoms with Gasteiger partial charge in [0.05, 0.1) is 4.90 Å². The standard InChI is InChI=1S/C25H25ClFN3O3S/c26-20-7-4-8-22(18-20)29-13-15-30(16-14-29)25(31)24(17-19-5-2-1-3-6-19)28-34(32,33)23-11-9-21(27)10-12-23/h1-12,18,24,28H,13-17H2/t24-/m0/s1. The molecule has 34 heavy (non-hydrogen) atoms. The summed E-state index contributed by atoms with van der Waals surface area (Å²) in [5.41, 5.74) is 1.82. The van der Waals surface area contributed by atoms with Gasteiger partial charge in [-0.05, 0) is 54.4 Å². The van der Waals surface area contributed by atoms with Crippen LogP contribution in [0.3, 0.4) is 0 Å². The van der Waals surface area contributed by atoms with E-state index >= 15 is 0 Å². The molecule has 178 valence electrons. The van der Waals surface area contributed by atoms with Crippen LogP contribution in [0.25, 0.3) is 0 Å². The molecule has 1 heterocycles. The van der Waals surface area contributed by atoms with Crippen molar-refractivity contribution in [2.45, 2.75) is 17.4 Å². The highest BCUT2D eigenvalue weighted by Crippen LogP contribution is 2.21. The van der Waals surface area contributed by atoms with Crippen LogP contribution in [-0.4, -0.2) is 51.4 Å². The van der Waals surface area contributed by atoms with Gasteiger partial charge in [-0.1, -0.05) is 48.0 Å². The number of hydrogen-bond acceptors (Lipinski definition) is 4. The number of hydrogen-bond donors (Lipinski definition) is 1. The average molecular weight is 502 g/mol. The highest BCUT2D eigenvalue weighted by molar-refractivity contribution is 7.89. The third-order valence-corrected chi connectivity index (χ3v) is 7.49. The van der Waals surface area contributed by atoms with Gasteiger partial charge in [0.1, 0.15) is 11.9 Å². The van der Waals surface area contributed by atoms with Crippen molar-refractivity contribution in [3.63, 3.8) is 0 Å². The van der Waals surface area contributed by atoms with Crippen LogP contribution in [0.2, 0.25) is 5.02 Å². The van der Waals surface area contributed by atoms with E-state index in [1.165, 1.54) is 12.1 Å². The van der Waals surface area contributed by atoms with Crippen LogP contribution in [0.5, 0.6) is 0 Å². The van der Waals surface area contributed by atoms with Crippen molar-refractivity contribution in [3.05, 3.63) is 95.3 Å². The van der Waals surface area contributed by atoms with Gasteiger partial charge < -0.3 is 9.80 Å². The number of nitrogens with zero attached hydrogens (tertiary/aromatic N) is 2. The van der Waals surface area contributed by atoms with Crippen molar-refractivity contribution in [1.82, 2.24) is 9.62 Å². The maximum absolute atomic E-state index is 13.5. The van der Waals surface area contributed by atoms with Crippen LogP contribution in [0.1, 0.15) is 5.56 Å². The van der Waals surface area contributed by atoms with Crippen molar-refractivity contribution in [1.29, 1.82) is 0 Å². The second-order valence-corrected chi connectivity index (χ2v) is 10.3. The number of piperazine rings is 1. The first kappa shape index (κ1) is 24.2. The molecule has 0 unspecified atom stereocenters. The first-order valence-electron chi connectivity index (χ1n) is 10.9. The molecule has 1 N–H and O–H groups in total. The third-order valence-electron chi connectivity index (χ3n) is 5.77. The van der Waals surface area contributed by atoms with Crippen LogP contribution >= 0.6 is 11.6 Å². The minimum atomic E-state index is -4.03. The van der Waals surface area contributed by atoms with E-state index in [4.69, 9.17) is 11.6 Å². The summed E-state index contributed by atoms with van der Waals surface area (Å²) in [6.45, 7) is 2.12. The van der Waals surface area contributed by atoms with E-state index in [-0.39, 0.29) is 17.2 Å². The van der Waals surface area contributed by atoms with Crippen molar-refractivity contribution in [3.8, 4) is 0 Å². The molecule has 0 bridgehead atoms. The van der Waals surface area contributed by atoms with Crippen LogP contribution in [0.4, 0.5) is 10.1 Å². The Morgan fingerprint density at radius 2 is 1.62 bits per heavy atom. The number of carbonyl (C=O) groups is 1. The number of benzene rings is 3. The zero-order valence-electron chi connectivity index (χ0n) is 18.4. The lowest BCUT2D eigenvalue weighted by Gasteiger charge is -2.37. The summed E-state index contributed by atoms with van der Waals surface area (Å²) in [5, 5.41) is 0.647. The topological polar surface area (TPSA) is 69.7 Å². The lowest BCUT2D eigenvalue weighted by atomic mass is 10.1. The van der Waals surface area contributed by atoms with E-state index < -0.39 is 21.9 Å². The molecule has 3 aromatic carbocycles. The SMILES string of the molecule is O=C([C@H](Cc1ccccc1)NS(=O)(=O)c1ccc(F)cc1)N1CCN(c2cccc(Cl)c2)CC1. The maximum atomic E-state index is 13.5. The highest BCUT2D eigenvalue weighted by atomic mass is 35.5. The van der Waals surface area contributed by atoms with Gasteiger partial charge in [0.2, 0.25) is 15.9 Å². The summed E-state index contributed by atoms with van der Waals surface area (Å²) < 4.78 is 41.8. The Hall–Kier alpha value is -2.94. The maximum Gasteiger partial charge on any atom is 0.241 e. The minimum Gasteiger partial charge on any atom is -0.368 e. The van der Waals surface area contributed by atoms with Gasteiger partial charge in [-0.15, -0.1) is 0 Å². The Morgan fingerprint density at radius 1 is 0.941 bits per heavy atom. The molecule has 1 atom stereocenters. The summed E-state index contributed by atoms with van der Waals surface area (Å²) >= 11 is 6.11. The Morgan fingerprint density at radius 3 is 2.26 bits per heavy atom. The fourth-order valence-corrected chi connectivity index (χ4v) is 5.35. The van der Waals surface area contributed by atoms with Crippen LogP contribution < -0.4 is 9.62 Å². The number of carbonyl (C=O) groups excluding carboxylic acids is 1. The number of halogens is 2. The van der Waals surface area contributed by atoms with Crippen molar-refractivity contribution in [2.75, 3.05) is 31.1 Å². The van der Waals surface area contributed by atoms with Crippen LogP contribution in [-0.2, 0) is 21.2 Å². The zero-order chi connectivity index (χ0) is 24.1. The molecule has 0 aromatic heterocycles. The quantitative estimate of drug-likeness (QED) is 0.536. The largest absolute Gasteiger partial charge is 0.368 e. The predicted octanol–water partition coefficient (Wildman–Crippen LogP) is 3.72. The Labute approximate surface area is 204 Å². The molecular formula is C25H25ClFN3O3S. The van der Waals surface area contributed by atoms with Crippen LogP contribution in [0.15, 0.2) is 83.8 Å². The second-order valence-electron chi connectivity index (χ2n) is 8.11. The lowest BCUT2D eigenvalue weighted by molar-refractivity contribution is -0.133. The fourth-order valence-electron chi connectivity index (χ4n) is 3.98. The summed E-state index contributed by atoms with van der Waals surface area (Å²) in [4.78, 5) is 17.2. The first-order valence-corrected chi connectivity index (χ1v) is 12.8. The monoisotopic (exact) mass is 501 g/mol. The molecule has 1 saturated heterocycles. The van der Waals surface area contributed by atoms with Gasteiger partial charge in [0.25, 0.3) is 0 Å². The van der Waals surface area contributed by atoms with E-state index in [9.17, 15) is 17.6 Å². The van der Waals surface area contributed by atoms with Crippen molar-refractivity contribution >= 4 is 33.2 Å². The minimum absolute atomic E-state index is 0.0921. The summed E-state index contributed by atoms with van der Waals surface area (Å²) in [6.07, 6.45) is 0.203. The van der Waals surface area contributed by atoms with E-state index in [1.807, 2.05) is 54.6 Å². The number of sulfonamides is 1. The molecule has 4 rings (SSSR count). The second kappa shape index (κ2) is 10.5. The fraction of sp³-hybridized carbons (Fsp3) is 0.240. The highest BCUT2D eigenvalue weighted by Gasteiger charge is 2.31. The lowest BCUT2D eigenvalue weighted by Crippen LogP contribution is -2.55. The summed E-state index contributed by atoms with van der Waals surface area (Å²) in [7, 11) is -4.03. The number of rotatable bonds is 7. The van der Waals surface area contributed by atoms with Crippen molar-refractivity contribution in [2.24, 2.45) is 0 Å². The molecule has 0 saturated carbocycles. The van der Waals surface area contributed by atoms with Gasteiger partial charge in [-0.2, -0.15) is 4.72 Å². The van der Waals surface area contributed by atoms with Gasteiger partial charge in [-0.3, -0.25) is 4.79 Å². The molecule has 1 fully saturated rings.